The first kappa shape index (κ1) is 16.2. The highest BCUT2D eigenvalue weighted by Crippen LogP contribution is 2.20. The van der Waals surface area contributed by atoms with Gasteiger partial charge in [0.1, 0.15) is 6.29 Å². The van der Waals surface area contributed by atoms with Crippen molar-refractivity contribution in [2.24, 2.45) is 0 Å². The van der Waals surface area contributed by atoms with E-state index in [2.05, 4.69) is 53.8 Å². The van der Waals surface area contributed by atoms with Gasteiger partial charge in [0.05, 0.1) is 0 Å². The maximum absolute atomic E-state index is 10.7. The molecule has 0 heterocycles. The molecular formula is C22H21NO. The molecule has 0 amide bonds. The summed E-state index contributed by atoms with van der Waals surface area (Å²) in [7, 11) is 0. The third-order valence-electron chi connectivity index (χ3n) is 4.10. The van der Waals surface area contributed by atoms with Gasteiger partial charge in [0.15, 0.2) is 0 Å². The number of benzene rings is 3. The Hall–Kier alpha value is -2.71. The van der Waals surface area contributed by atoms with Crippen LogP contribution >= 0.6 is 0 Å². The molecule has 0 atom stereocenters. The summed E-state index contributed by atoms with van der Waals surface area (Å²) in [6, 6.07) is 26.7. The maximum atomic E-state index is 10.7. The van der Waals surface area contributed by atoms with E-state index in [-0.39, 0.29) is 0 Å². The molecule has 2 nitrogen and oxygen atoms in total. The number of carbonyl (C=O) groups is 1. The molecule has 0 aliphatic carbocycles. The van der Waals surface area contributed by atoms with Gasteiger partial charge in [-0.15, -0.1) is 0 Å². The molecule has 0 aliphatic rings. The number of rotatable bonds is 7. The highest BCUT2D eigenvalue weighted by molar-refractivity contribution is 5.76. The van der Waals surface area contributed by atoms with Gasteiger partial charge in [0.2, 0.25) is 0 Å². The fraction of sp³-hybridized carbons (Fsp3) is 0.136. The topological polar surface area (TPSA) is 29.1 Å². The molecule has 0 radical (unpaired) electrons. The molecule has 3 aromatic carbocycles. The van der Waals surface area contributed by atoms with Crippen LogP contribution in [0.4, 0.5) is 0 Å². The van der Waals surface area contributed by atoms with Crippen molar-refractivity contribution < 1.29 is 4.79 Å². The number of carbonyl (C=O) groups excluding carboxylic acids is 1. The summed E-state index contributed by atoms with van der Waals surface area (Å²) < 4.78 is 0. The summed E-state index contributed by atoms with van der Waals surface area (Å²) in [6.07, 6.45) is 1.91. The molecule has 1 N–H and O–H groups in total. The van der Waals surface area contributed by atoms with Crippen LogP contribution in [0.25, 0.3) is 11.1 Å². The largest absolute Gasteiger partial charge is 0.312 e. The van der Waals surface area contributed by atoms with Gasteiger partial charge >= 0.3 is 0 Å². The quantitative estimate of drug-likeness (QED) is 0.514. The fourth-order valence-corrected chi connectivity index (χ4v) is 2.68. The first-order valence-corrected chi connectivity index (χ1v) is 8.24. The second-order valence-electron chi connectivity index (χ2n) is 5.85. The van der Waals surface area contributed by atoms with E-state index in [1.165, 1.54) is 16.7 Å². The molecule has 2 heteroatoms. The van der Waals surface area contributed by atoms with Crippen molar-refractivity contribution in [1.82, 2.24) is 5.32 Å². The molecular weight excluding hydrogens is 294 g/mol. The Morgan fingerprint density at radius 3 is 1.96 bits per heavy atom. The van der Waals surface area contributed by atoms with Crippen molar-refractivity contribution in [2.75, 3.05) is 6.54 Å². The third-order valence-corrected chi connectivity index (χ3v) is 4.10. The molecule has 3 rings (SSSR count). The molecule has 0 saturated carbocycles. The Bertz CT molecular complexity index is 761. The first-order chi connectivity index (χ1) is 11.8. The summed E-state index contributed by atoms with van der Waals surface area (Å²) >= 11 is 0. The lowest BCUT2D eigenvalue weighted by Gasteiger charge is -2.07. The Labute approximate surface area is 143 Å². The zero-order valence-electron chi connectivity index (χ0n) is 13.6. The summed E-state index contributed by atoms with van der Waals surface area (Å²) in [6.45, 7) is 1.84. The number of hydrogen-bond donors (Lipinski definition) is 1. The van der Waals surface area contributed by atoms with Gasteiger partial charge in [-0.05, 0) is 35.2 Å². The lowest BCUT2D eigenvalue weighted by atomic mass is 10.0. The van der Waals surface area contributed by atoms with Crippen molar-refractivity contribution in [3.63, 3.8) is 0 Å². The van der Waals surface area contributed by atoms with E-state index in [1.54, 1.807) is 0 Å². The van der Waals surface area contributed by atoms with Crippen LogP contribution in [0.3, 0.4) is 0 Å². The third kappa shape index (κ3) is 4.40. The molecule has 0 spiro atoms. The minimum absolute atomic E-state index is 0.706. The molecule has 120 valence electrons. The summed E-state index contributed by atoms with van der Waals surface area (Å²) in [4.78, 5) is 10.7. The van der Waals surface area contributed by atoms with Crippen LogP contribution in [0.1, 0.15) is 21.5 Å². The van der Waals surface area contributed by atoms with Crippen LogP contribution < -0.4 is 5.32 Å². The van der Waals surface area contributed by atoms with Gasteiger partial charge in [-0.3, -0.25) is 4.79 Å². The van der Waals surface area contributed by atoms with E-state index < -0.39 is 0 Å². The van der Waals surface area contributed by atoms with E-state index >= 15 is 0 Å². The predicted octanol–water partition coefficient (Wildman–Crippen LogP) is 4.50. The Kier molecular flexibility index (Phi) is 5.54. The van der Waals surface area contributed by atoms with Crippen molar-refractivity contribution in [3.8, 4) is 11.1 Å². The minimum Gasteiger partial charge on any atom is -0.312 e. The molecule has 0 bridgehead atoms. The Morgan fingerprint density at radius 2 is 1.33 bits per heavy atom. The van der Waals surface area contributed by atoms with Gasteiger partial charge in [-0.2, -0.15) is 0 Å². The molecule has 0 fully saturated rings. The van der Waals surface area contributed by atoms with E-state index in [4.69, 9.17) is 0 Å². The van der Waals surface area contributed by atoms with Crippen molar-refractivity contribution in [3.05, 3.63) is 95.6 Å². The predicted molar refractivity (Wildman–Crippen MR) is 99.1 cm³/mol. The molecule has 24 heavy (non-hydrogen) atoms. The Balaban J connectivity index is 1.51. The van der Waals surface area contributed by atoms with Gasteiger partial charge in [-0.25, -0.2) is 0 Å². The number of aldehydes is 1. The van der Waals surface area contributed by atoms with Crippen LogP contribution in [-0.2, 0) is 13.0 Å². The summed E-state index contributed by atoms with van der Waals surface area (Å²) in [5.74, 6) is 0. The highest BCUT2D eigenvalue weighted by atomic mass is 16.1. The molecule has 0 unspecified atom stereocenters. The molecule has 0 aromatic heterocycles. The fourth-order valence-electron chi connectivity index (χ4n) is 2.68. The lowest BCUT2D eigenvalue weighted by Crippen LogP contribution is -2.16. The SMILES string of the molecule is O=Cc1ccc(-c2ccc(CNCCc3ccccc3)cc2)cc1. The first-order valence-electron chi connectivity index (χ1n) is 8.24. The lowest BCUT2D eigenvalue weighted by molar-refractivity contribution is 0.112. The van der Waals surface area contributed by atoms with Gasteiger partial charge in [-0.1, -0.05) is 78.9 Å². The van der Waals surface area contributed by atoms with Crippen molar-refractivity contribution >= 4 is 6.29 Å². The van der Waals surface area contributed by atoms with E-state index in [0.717, 1.165) is 31.4 Å². The van der Waals surface area contributed by atoms with Crippen LogP contribution in [0, 0.1) is 0 Å². The van der Waals surface area contributed by atoms with E-state index in [0.29, 0.717) is 5.56 Å². The van der Waals surface area contributed by atoms with Crippen molar-refractivity contribution in [1.29, 1.82) is 0 Å². The van der Waals surface area contributed by atoms with Crippen LogP contribution in [0.5, 0.6) is 0 Å². The van der Waals surface area contributed by atoms with Gasteiger partial charge in [0, 0.05) is 12.1 Å². The average Bonchev–Trinajstić information content (AvgIpc) is 2.67. The number of hydrogen-bond acceptors (Lipinski definition) is 2. The van der Waals surface area contributed by atoms with Gasteiger partial charge in [0.25, 0.3) is 0 Å². The second kappa shape index (κ2) is 8.23. The van der Waals surface area contributed by atoms with Crippen LogP contribution in [0.15, 0.2) is 78.9 Å². The Morgan fingerprint density at radius 1 is 0.708 bits per heavy atom. The van der Waals surface area contributed by atoms with E-state index in [1.807, 2.05) is 30.3 Å². The van der Waals surface area contributed by atoms with E-state index in [9.17, 15) is 4.79 Å². The molecule has 0 aliphatic heterocycles. The average molecular weight is 315 g/mol. The normalized spacial score (nSPS) is 10.5. The number of nitrogens with one attached hydrogen (secondary N) is 1. The zero-order valence-corrected chi connectivity index (χ0v) is 13.6. The zero-order chi connectivity index (χ0) is 16.6. The van der Waals surface area contributed by atoms with Gasteiger partial charge < -0.3 is 5.32 Å². The van der Waals surface area contributed by atoms with Crippen LogP contribution in [0.2, 0.25) is 0 Å². The maximum Gasteiger partial charge on any atom is 0.150 e. The van der Waals surface area contributed by atoms with Crippen molar-refractivity contribution in [2.45, 2.75) is 13.0 Å². The molecule has 3 aromatic rings. The second-order valence-corrected chi connectivity index (χ2v) is 5.85. The van der Waals surface area contributed by atoms with Crippen LogP contribution in [-0.4, -0.2) is 12.8 Å². The standard InChI is InChI=1S/C22H21NO/c24-17-20-8-12-22(13-9-20)21-10-6-19(7-11-21)16-23-15-14-18-4-2-1-3-5-18/h1-13,17,23H,14-16H2. The monoisotopic (exact) mass is 315 g/mol. The minimum atomic E-state index is 0.706. The molecule has 0 saturated heterocycles. The smallest absolute Gasteiger partial charge is 0.150 e. The highest BCUT2D eigenvalue weighted by Gasteiger charge is 1.99. The summed E-state index contributed by atoms with van der Waals surface area (Å²) in [5, 5.41) is 3.49. The summed E-state index contributed by atoms with van der Waals surface area (Å²) in [5.41, 5.74) is 5.64.